The zero-order valence-electron chi connectivity index (χ0n) is 12.6. The molecule has 3 aromatic rings. The average Bonchev–Trinajstić information content (AvgIpc) is 3.05. The molecule has 3 rings (SSSR count). The van der Waals surface area contributed by atoms with Gasteiger partial charge >= 0.3 is 0 Å². The largest absolute Gasteiger partial charge is 0.304 e. The van der Waals surface area contributed by atoms with Gasteiger partial charge < -0.3 is 5.32 Å². The number of aryl methyl sites for hydroxylation is 2. The maximum absolute atomic E-state index is 4.79. The molecular formula is C17H20N2S2. The number of benzene rings is 1. The monoisotopic (exact) mass is 316 g/mol. The standard InChI is InChI=1S/C17H20N2S2/c1-4-9-18-16(17-19-11(2)12(3)21-17)14-10-20-15-8-6-5-7-13(14)15/h5-8,10,16,18H,4,9H2,1-3H3. The predicted octanol–water partition coefficient (Wildman–Crippen LogP) is 5.06. The van der Waals surface area contributed by atoms with E-state index in [1.165, 1.54) is 25.5 Å². The SMILES string of the molecule is CCCNC(c1nc(C)c(C)s1)c1csc2ccccc12. The van der Waals surface area contributed by atoms with E-state index in [1.807, 2.05) is 22.7 Å². The van der Waals surface area contributed by atoms with Gasteiger partial charge in [0, 0.05) is 9.58 Å². The second-order valence-corrected chi connectivity index (χ2v) is 7.41. The molecule has 110 valence electrons. The van der Waals surface area contributed by atoms with Gasteiger partial charge in [-0.1, -0.05) is 25.1 Å². The van der Waals surface area contributed by atoms with Crippen LogP contribution in [0.4, 0.5) is 0 Å². The molecule has 4 heteroatoms. The van der Waals surface area contributed by atoms with Crippen LogP contribution in [0, 0.1) is 13.8 Å². The molecule has 1 unspecified atom stereocenters. The van der Waals surface area contributed by atoms with E-state index in [9.17, 15) is 0 Å². The van der Waals surface area contributed by atoms with Crippen LogP contribution in [0.25, 0.3) is 10.1 Å². The minimum absolute atomic E-state index is 0.207. The Morgan fingerprint density at radius 1 is 1.24 bits per heavy atom. The molecule has 0 radical (unpaired) electrons. The molecule has 1 aromatic carbocycles. The fraction of sp³-hybridized carbons (Fsp3) is 0.353. The molecule has 0 aliphatic heterocycles. The molecule has 0 saturated carbocycles. The molecule has 2 heterocycles. The van der Waals surface area contributed by atoms with Crippen molar-refractivity contribution in [3.63, 3.8) is 0 Å². The topological polar surface area (TPSA) is 24.9 Å². The lowest BCUT2D eigenvalue weighted by molar-refractivity contribution is 0.599. The first-order valence-electron chi connectivity index (χ1n) is 7.34. The number of hydrogen-bond donors (Lipinski definition) is 1. The molecule has 0 spiro atoms. The number of thiophene rings is 1. The summed E-state index contributed by atoms with van der Waals surface area (Å²) in [6.45, 7) is 7.46. The lowest BCUT2D eigenvalue weighted by atomic mass is 10.1. The third-order valence-corrected chi connectivity index (χ3v) is 5.83. The number of thiazole rings is 1. The van der Waals surface area contributed by atoms with Crippen molar-refractivity contribution in [2.45, 2.75) is 33.2 Å². The number of rotatable bonds is 5. The normalized spacial score (nSPS) is 12.9. The van der Waals surface area contributed by atoms with E-state index in [4.69, 9.17) is 4.98 Å². The van der Waals surface area contributed by atoms with Crippen molar-refractivity contribution in [2.24, 2.45) is 0 Å². The van der Waals surface area contributed by atoms with Crippen LogP contribution in [0.3, 0.4) is 0 Å². The Hall–Kier alpha value is -1.23. The first kappa shape index (κ1) is 14.7. The zero-order chi connectivity index (χ0) is 14.8. The van der Waals surface area contributed by atoms with Gasteiger partial charge in [0.2, 0.25) is 0 Å². The summed E-state index contributed by atoms with van der Waals surface area (Å²) in [6.07, 6.45) is 1.13. The summed E-state index contributed by atoms with van der Waals surface area (Å²) in [6, 6.07) is 8.84. The highest BCUT2D eigenvalue weighted by molar-refractivity contribution is 7.17. The van der Waals surface area contributed by atoms with Crippen LogP contribution in [0.2, 0.25) is 0 Å². The first-order chi connectivity index (χ1) is 10.2. The van der Waals surface area contributed by atoms with Gasteiger partial charge in [0.1, 0.15) is 5.01 Å². The number of nitrogens with zero attached hydrogens (tertiary/aromatic N) is 1. The highest BCUT2D eigenvalue weighted by atomic mass is 32.1. The quantitative estimate of drug-likeness (QED) is 0.711. The van der Waals surface area contributed by atoms with Gasteiger partial charge in [0.25, 0.3) is 0 Å². The third kappa shape index (κ3) is 2.89. The maximum Gasteiger partial charge on any atom is 0.115 e. The Balaban J connectivity index is 2.06. The van der Waals surface area contributed by atoms with Crippen LogP contribution < -0.4 is 5.32 Å². The van der Waals surface area contributed by atoms with E-state index in [0.29, 0.717) is 0 Å². The van der Waals surface area contributed by atoms with Gasteiger partial charge in [-0.2, -0.15) is 0 Å². The summed E-state index contributed by atoms with van der Waals surface area (Å²) in [5.74, 6) is 0. The van der Waals surface area contributed by atoms with Crippen LogP contribution in [0.5, 0.6) is 0 Å². The van der Waals surface area contributed by atoms with E-state index in [0.717, 1.165) is 18.7 Å². The van der Waals surface area contributed by atoms with E-state index in [-0.39, 0.29) is 6.04 Å². The smallest absolute Gasteiger partial charge is 0.115 e. The van der Waals surface area contributed by atoms with Crippen LogP contribution >= 0.6 is 22.7 Å². The average molecular weight is 316 g/mol. The summed E-state index contributed by atoms with van der Waals surface area (Å²) >= 11 is 3.63. The molecule has 0 aliphatic carbocycles. The minimum atomic E-state index is 0.207. The molecule has 21 heavy (non-hydrogen) atoms. The Morgan fingerprint density at radius 3 is 2.76 bits per heavy atom. The molecule has 0 fully saturated rings. The molecule has 1 N–H and O–H groups in total. The molecule has 1 atom stereocenters. The van der Waals surface area contributed by atoms with E-state index < -0.39 is 0 Å². The van der Waals surface area contributed by atoms with Gasteiger partial charge in [0.05, 0.1) is 11.7 Å². The van der Waals surface area contributed by atoms with Crippen LogP contribution in [-0.2, 0) is 0 Å². The van der Waals surface area contributed by atoms with E-state index in [2.05, 4.69) is 55.7 Å². The molecular weight excluding hydrogens is 296 g/mol. The second-order valence-electron chi connectivity index (χ2n) is 5.27. The van der Waals surface area contributed by atoms with Crippen molar-refractivity contribution >= 4 is 32.8 Å². The highest BCUT2D eigenvalue weighted by Crippen LogP contribution is 2.35. The Labute approximate surface area is 133 Å². The van der Waals surface area contributed by atoms with Crippen molar-refractivity contribution in [2.75, 3.05) is 6.54 Å². The summed E-state index contributed by atoms with van der Waals surface area (Å²) in [7, 11) is 0. The van der Waals surface area contributed by atoms with Crippen molar-refractivity contribution in [1.29, 1.82) is 0 Å². The molecule has 2 aromatic heterocycles. The van der Waals surface area contributed by atoms with Crippen LogP contribution in [0.15, 0.2) is 29.6 Å². The van der Waals surface area contributed by atoms with Gasteiger partial charge in [-0.3, -0.25) is 0 Å². The third-order valence-electron chi connectivity index (χ3n) is 3.71. The predicted molar refractivity (Wildman–Crippen MR) is 93.5 cm³/mol. The van der Waals surface area contributed by atoms with E-state index >= 15 is 0 Å². The molecule has 2 nitrogen and oxygen atoms in total. The van der Waals surface area contributed by atoms with Crippen molar-refractivity contribution in [1.82, 2.24) is 10.3 Å². The Kier molecular flexibility index (Phi) is 4.38. The molecule has 0 saturated heterocycles. The molecule has 0 amide bonds. The zero-order valence-corrected chi connectivity index (χ0v) is 14.3. The van der Waals surface area contributed by atoms with Gasteiger partial charge in [-0.15, -0.1) is 22.7 Å². The first-order valence-corrected chi connectivity index (χ1v) is 9.03. The van der Waals surface area contributed by atoms with Crippen molar-refractivity contribution in [3.05, 3.63) is 50.8 Å². The fourth-order valence-corrected chi connectivity index (χ4v) is 4.47. The summed E-state index contributed by atoms with van der Waals surface area (Å²) in [4.78, 5) is 6.10. The minimum Gasteiger partial charge on any atom is -0.304 e. The molecule has 0 bridgehead atoms. The Bertz CT molecular complexity index is 723. The summed E-state index contributed by atoms with van der Waals surface area (Å²) in [5, 5.41) is 8.49. The molecule has 0 aliphatic rings. The number of hydrogen-bond acceptors (Lipinski definition) is 4. The lowest BCUT2D eigenvalue weighted by Gasteiger charge is -2.16. The number of fused-ring (bicyclic) bond motifs is 1. The number of aromatic nitrogens is 1. The summed E-state index contributed by atoms with van der Waals surface area (Å²) in [5.41, 5.74) is 2.51. The number of nitrogens with one attached hydrogen (secondary N) is 1. The van der Waals surface area contributed by atoms with E-state index in [1.54, 1.807) is 0 Å². The maximum atomic E-state index is 4.79. The second kappa shape index (κ2) is 6.26. The summed E-state index contributed by atoms with van der Waals surface area (Å²) < 4.78 is 1.35. The van der Waals surface area contributed by atoms with Crippen molar-refractivity contribution in [3.8, 4) is 0 Å². The van der Waals surface area contributed by atoms with Gasteiger partial charge in [-0.25, -0.2) is 4.98 Å². The lowest BCUT2D eigenvalue weighted by Crippen LogP contribution is -2.22. The van der Waals surface area contributed by atoms with Crippen LogP contribution in [-0.4, -0.2) is 11.5 Å². The van der Waals surface area contributed by atoms with Gasteiger partial charge in [0.15, 0.2) is 0 Å². The fourth-order valence-electron chi connectivity index (χ4n) is 2.46. The van der Waals surface area contributed by atoms with Gasteiger partial charge in [-0.05, 0) is 49.2 Å². The Morgan fingerprint density at radius 2 is 2.05 bits per heavy atom. The van der Waals surface area contributed by atoms with Crippen molar-refractivity contribution < 1.29 is 0 Å². The van der Waals surface area contributed by atoms with Crippen LogP contribution in [0.1, 0.15) is 40.5 Å². The highest BCUT2D eigenvalue weighted by Gasteiger charge is 2.21.